The van der Waals surface area contributed by atoms with Crippen molar-refractivity contribution in [2.45, 2.75) is 6.42 Å². The number of carboxylic acids is 1. The van der Waals surface area contributed by atoms with Crippen LogP contribution in [0.25, 0.3) is 0 Å². The Morgan fingerprint density at radius 1 is 1.75 bits per heavy atom. The Hall–Kier alpha value is -1.58. The highest BCUT2D eigenvalue weighted by atomic mass is 16.5. The van der Waals surface area contributed by atoms with Gasteiger partial charge in [0.25, 0.3) is 0 Å². The van der Waals surface area contributed by atoms with Gasteiger partial charge in [-0.2, -0.15) is 0 Å². The normalized spacial score (nSPS) is 9.42. The minimum absolute atomic E-state index is 0.107. The van der Waals surface area contributed by atoms with Crippen molar-refractivity contribution >= 4 is 5.97 Å². The third kappa shape index (κ3) is 1.95. The topological polar surface area (TPSA) is 59.4 Å². The zero-order valence-electron chi connectivity index (χ0n) is 6.65. The number of aromatic nitrogens is 1. The summed E-state index contributed by atoms with van der Waals surface area (Å²) in [6, 6.07) is 3.38. The summed E-state index contributed by atoms with van der Waals surface area (Å²) in [6.45, 7) is 0. The van der Waals surface area contributed by atoms with E-state index in [0.717, 1.165) is 0 Å². The summed E-state index contributed by atoms with van der Waals surface area (Å²) in [7, 11) is 1.49. The van der Waals surface area contributed by atoms with Crippen LogP contribution in [0.3, 0.4) is 0 Å². The summed E-state index contributed by atoms with van der Waals surface area (Å²) >= 11 is 0. The number of ether oxygens (including phenoxy) is 1. The maximum absolute atomic E-state index is 10.3. The van der Waals surface area contributed by atoms with E-state index in [-0.39, 0.29) is 6.42 Å². The van der Waals surface area contributed by atoms with Crippen molar-refractivity contribution in [3.05, 3.63) is 24.0 Å². The molecule has 1 N–H and O–H groups in total. The zero-order valence-corrected chi connectivity index (χ0v) is 6.65. The van der Waals surface area contributed by atoms with Crippen LogP contribution in [-0.2, 0) is 11.2 Å². The Balaban J connectivity index is 2.89. The number of aliphatic carboxylic acids is 1. The zero-order chi connectivity index (χ0) is 8.97. The molecule has 12 heavy (non-hydrogen) atoms. The van der Waals surface area contributed by atoms with Crippen molar-refractivity contribution in [2.75, 3.05) is 7.11 Å². The van der Waals surface area contributed by atoms with Crippen molar-refractivity contribution in [3.63, 3.8) is 0 Å². The number of pyridine rings is 1. The molecule has 64 valence electrons. The second-order valence-electron chi connectivity index (χ2n) is 2.22. The standard InChI is InChI=1S/C8H9NO3/c1-12-7-3-2-4-9-6(7)5-8(10)11/h2-4H,5H2,1H3,(H,10,11). The second kappa shape index (κ2) is 3.71. The van der Waals surface area contributed by atoms with Crippen molar-refractivity contribution in [1.29, 1.82) is 0 Å². The molecule has 4 heteroatoms. The lowest BCUT2D eigenvalue weighted by Gasteiger charge is -2.03. The molecule has 0 unspecified atom stereocenters. The van der Waals surface area contributed by atoms with Gasteiger partial charge in [-0.25, -0.2) is 0 Å². The Labute approximate surface area is 69.8 Å². The number of carboxylic acid groups (broad SMARTS) is 1. The van der Waals surface area contributed by atoms with Crippen molar-refractivity contribution in [1.82, 2.24) is 4.98 Å². The average molecular weight is 167 g/mol. The number of hydrogen-bond acceptors (Lipinski definition) is 3. The molecule has 0 saturated carbocycles. The first-order valence-corrected chi connectivity index (χ1v) is 3.43. The third-order valence-corrected chi connectivity index (χ3v) is 1.39. The Morgan fingerprint density at radius 3 is 3.08 bits per heavy atom. The van der Waals surface area contributed by atoms with E-state index >= 15 is 0 Å². The van der Waals surface area contributed by atoms with E-state index in [1.165, 1.54) is 7.11 Å². The van der Waals surface area contributed by atoms with E-state index < -0.39 is 5.97 Å². The van der Waals surface area contributed by atoms with Crippen LogP contribution in [0.4, 0.5) is 0 Å². The smallest absolute Gasteiger partial charge is 0.309 e. The molecule has 0 aliphatic heterocycles. The van der Waals surface area contributed by atoms with Crippen LogP contribution in [0.15, 0.2) is 18.3 Å². The van der Waals surface area contributed by atoms with Gasteiger partial charge >= 0.3 is 5.97 Å². The maximum atomic E-state index is 10.3. The highest BCUT2D eigenvalue weighted by molar-refractivity contribution is 5.70. The average Bonchev–Trinajstić information content (AvgIpc) is 2.04. The fourth-order valence-corrected chi connectivity index (χ4v) is 0.885. The molecular weight excluding hydrogens is 158 g/mol. The van der Waals surface area contributed by atoms with Gasteiger partial charge in [0.2, 0.25) is 0 Å². The van der Waals surface area contributed by atoms with Gasteiger partial charge in [-0.1, -0.05) is 0 Å². The molecule has 4 nitrogen and oxygen atoms in total. The van der Waals surface area contributed by atoms with Gasteiger partial charge in [0.05, 0.1) is 19.2 Å². The quantitative estimate of drug-likeness (QED) is 0.720. The first-order chi connectivity index (χ1) is 5.74. The summed E-state index contributed by atoms with van der Waals surface area (Å²) < 4.78 is 4.92. The number of nitrogens with zero attached hydrogens (tertiary/aromatic N) is 1. The number of rotatable bonds is 3. The molecule has 1 aromatic heterocycles. The van der Waals surface area contributed by atoms with Crippen LogP contribution in [0.5, 0.6) is 5.75 Å². The van der Waals surface area contributed by atoms with E-state index in [9.17, 15) is 4.79 Å². The van der Waals surface area contributed by atoms with Crippen LogP contribution in [-0.4, -0.2) is 23.2 Å². The summed E-state index contributed by atoms with van der Waals surface area (Å²) in [5, 5.41) is 8.49. The van der Waals surface area contributed by atoms with E-state index in [1.807, 2.05) is 0 Å². The van der Waals surface area contributed by atoms with Crippen LogP contribution in [0.2, 0.25) is 0 Å². The maximum Gasteiger partial charge on any atom is 0.309 e. The molecule has 0 amide bonds. The van der Waals surface area contributed by atoms with Gasteiger partial charge in [-0.15, -0.1) is 0 Å². The molecule has 0 atom stereocenters. The first kappa shape index (κ1) is 8.52. The highest BCUT2D eigenvalue weighted by Crippen LogP contribution is 2.14. The first-order valence-electron chi connectivity index (χ1n) is 3.43. The lowest BCUT2D eigenvalue weighted by molar-refractivity contribution is -0.136. The second-order valence-corrected chi connectivity index (χ2v) is 2.22. The molecule has 0 saturated heterocycles. The molecule has 0 bridgehead atoms. The van der Waals surface area contributed by atoms with E-state index in [4.69, 9.17) is 9.84 Å². The van der Waals surface area contributed by atoms with Crippen LogP contribution >= 0.6 is 0 Å². The lowest BCUT2D eigenvalue weighted by atomic mass is 10.2. The van der Waals surface area contributed by atoms with Crippen molar-refractivity contribution in [3.8, 4) is 5.75 Å². The Bertz CT molecular complexity index is 285. The van der Waals surface area contributed by atoms with Gasteiger partial charge in [-0.3, -0.25) is 9.78 Å². The van der Waals surface area contributed by atoms with E-state index in [2.05, 4.69) is 4.98 Å². The number of carbonyl (C=O) groups is 1. The summed E-state index contributed by atoms with van der Waals surface area (Å²) in [5.41, 5.74) is 0.451. The van der Waals surface area contributed by atoms with Crippen molar-refractivity contribution < 1.29 is 14.6 Å². The summed E-state index contributed by atoms with van der Waals surface area (Å²) in [6.07, 6.45) is 1.44. The number of methoxy groups -OCH3 is 1. The van der Waals surface area contributed by atoms with Gasteiger partial charge < -0.3 is 9.84 Å². The largest absolute Gasteiger partial charge is 0.495 e. The predicted octanol–water partition coefficient (Wildman–Crippen LogP) is 0.717. The van der Waals surface area contributed by atoms with Gasteiger partial charge in [0, 0.05) is 6.20 Å². The summed E-state index contributed by atoms with van der Waals surface area (Å²) in [5.74, 6) is -0.396. The Morgan fingerprint density at radius 2 is 2.50 bits per heavy atom. The molecule has 0 aromatic carbocycles. The fraction of sp³-hybridized carbons (Fsp3) is 0.250. The SMILES string of the molecule is COc1cccnc1CC(=O)O. The van der Waals surface area contributed by atoms with Crippen LogP contribution < -0.4 is 4.74 Å². The molecule has 0 aliphatic rings. The van der Waals surface area contributed by atoms with E-state index in [1.54, 1.807) is 18.3 Å². The molecular formula is C8H9NO3. The van der Waals surface area contributed by atoms with Gasteiger partial charge in [-0.05, 0) is 12.1 Å². The van der Waals surface area contributed by atoms with Crippen molar-refractivity contribution in [2.24, 2.45) is 0 Å². The molecule has 1 aromatic rings. The highest BCUT2D eigenvalue weighted by Gasteiger charge is 2.06. The molecule has 0 fully saturated rings. The molecule has 0 spiro atoms. The van der Waals surface area contributed by atoms with Crippen LogP contribution in [0, 0.1) is 0 Å². The monoisotopic (exact) mass is 167 g/mol. The number of hydrogen-bond donors (Lipinski definition) is 1. The molecule has 1 heterocycles. The third-order valence-electron chi connectivity index (χ3n) is 1.39. The minimum atomic E-state index is -0.910. The Kier molecular flexibility index (Phi) is 2.63. The fourth-order valence-electron chi connectivity index (χ4n) is 0.885. The molecule has 1 rings (SSSR count). The molecule has 0 radical (unpaired) electrons. The lowest BCUT2D eigenvalue weighted by Crippen LogP contribution is -2.04. The molecule has 0 aliphatic carbocycles. The van der Waals surface area contributed by atoms with Gasteiger partial charge in [0.1, 0.15) is 5.75 Å². The summed E-state index contributed by atoms with van der Waals surface area (Å²) in [4.78, 5) is 14.2. The van der Waals surface area contributed by atoms with Crippen LogP contribution in [0.1, 0.15) is 5.69 Å². The van der Waals surface area contributed by atoms with Gasteiger partial charge in [0.15, 0.2) is 0 Å². The van der Waals surface area contributed by atoms with E-state index in [0.29, 0.717) is 11.4 Å². The predicted molar refractivity (Wildman–Crippen MR) is 42.1 cm³/mol. The minimum Gasteiger partial charge on any atom is -0.495 e.